The molecule has 170 valence electrons. The average Bonchev–Trinajstić information content (AvgIpc) is 3.25. The van der Waals surface area contributed by atoms with E-state index < -0.39 is 6.04 Å². The number of halogens is 1. The van der Waals surface area contributed by atoms with Crippen molar-refractivity contribution in [1.82, 2.24) is 25.5 Å². The molecule has 1 aromatic carbocycles. The lowest BCUT2D eigenvalue weighted by Crippen LogP contribution is -2.53. The van der Waals surface area contributed by atoms with Crippen molar-refractivity contribution in [3.05, 3.63) is 64.9 Å². The van der Waals surface area contributed by atoms with Gasteiger partial charge in [-0.05, 0) is 63.2 Å². The lowest BCUT2D eigenvalue weighted by molar-refractivity contribution is -0.131. The zero-order chi connectivity index (χ0) is 23.3. The number of likely N-dealkylation sites (N-methyl/N-ethyl adjacent to an activating group) is 1. The van der Waals surface area contributed by atoms with Crippen molar-refractivity contribution in [2.75, 3.05) is 7.05 Å². The molecular formula is C24H30ClN5O2. The van der Waals surface area contributed by atoms with Crippen LogP contribution in [-0.4, -0.2) is 51.9 Å². The van der Waals surface area contributed by atoms with Crippen molar-refractivity contribution in [1.29, 1.82) is 0 Å². The van der Waals surface area contributed by atoms with Gasteiger partial charge in [0.2, 0.25) is 11.8 Å². The summed E-state index contributed by atoms with van der Waals surface area (Å²) in [5.74, 6) is -0.437. The van der Waals surface area contributed by atoms with E-state index in [1.165, 1.54) is 0 Å². The standard InChI is InChI=1S/C24H30ClN5O2/c1-15(2)30(4)16(3)23(31)29-21(12-17-5-7-20(25)8-6-17)24(32)28-14-18-11-19-9-10-26-22(19)27-13-18/h5-11,13,15-16,21H,12,14H2,1-4H3,(H,26,27)(H,28,32)(H,29,31)/t16-,21-/m0/s1. The van der Waals surface area contributed by atoms with E-state index in [0.717, 1.165) is 22.2 Å². The van der Waals surface area contributed by atoms with Gasteiger partial charge in [-0.2, -0.15) is 0 Å². The minimum Gasteiger partial charge on any atom is -0.350 e. The van der Waals surface area contributed by atoms with Crippen molar-refractivity contribution in [2.45, 2.75) is 51.9 Å². The second-order valence-corrected chi connectivity index (χ2v) is 8.74. The molecule has 0 aliphatic heterocycles. The van der Waals surface area contributed by atoms with Crippen LogP contribution in [0.4, 0.5) is 0 Å². The van der Waals surface area contributed by atoms with Crippen LogP contribution in [0.5, 0.6) is 0 Å². The fourth-order valence-electron chi connectivity index (χ4n) is 3.38. The molecule has 3 N–H and O–H groups in total. The molecule has 0 saturated heterocycles. The first-order chi connectivity index (χ1) is 15.2. The summed E-state index contributed by atoms with van der Waals surface area (Å²) in [6.07, 6.45) is 3.92. The van der Waals surface area contributed by atoms with Crippen molar-refractivity contribution in [3.8, 4) is 0 Å². The fraction of sp³-hybridized carbons (Fsp3) is 0.375. The van der Waals surface area contributed by atoms with E-state index >= 15 is 0 Å². The van der Waals surface area contributed by atoms with E-state index in [-0.39, 0.29) is 23.9 Å². The van der Waals surface area contributed by atoms with E-state index in [1.54, 1.807) is 18.3 Å². The molecular weight excluding hydrogens is 426 g/mol. The summed E-state index contributed by atoms with van der Waals surface area (Å²) in [7, 11) is 1.90. The smallest absolute Gasteiger partial charge is 0.243 e. The predicted molar refractivity (Wildman–Crippen MR) is 127 cm³/mol. The second kappa shape index (κ2) is 10.6. The number of carbonyl (C=O) groups excluding carboxylic acids is 2. The fourth-order valence-corrected chi connectivity index (χ4v) is 3.51. The summed E-state index contributed by atoms with van der Waals surface area (Å²) in [6, 6.07) is 10.3. The molecule has 2 aromatic heterocycles. The minimum atomic E-state index is -0.712. The molecule has 0 aliphatic carbocycles. The highest BCUT2D eigenvalue weighted by molar-refractivity contribution is 6.30. The molecule has 0 fully saturated rings. The van der Waals surface area contributed by atoms with Crippen LogP contribution in [0.1, 0.15) is 31.9 Å². The summed E-state index contributed by atoms with van der Waals surface area (Å²) in [5.41, 5.74) is 2.60. The Hall–Kier alpha value is -2.90. The van der Waals surface area contributed by atoms with Gasteiger partial charge in [0.05, 0.1) is 6.04 Å². The number of pyridine rings is 1. The lowest BCUT2D eigenvalue weighted by atomic mass is 10.0. The molecule has 2 heterocycles. The van der Waals surface area contributed by atoms with E-state index in [0.29, 0.717) is 18.0 Å². The van der Waals surface area contributed by atoms with E-state index in [2.05, 4.69) is 20.6 Å². The van der Waals surface area contributed by atoms with Crippen molar-refractivity contribution < 1.29 is 9.59 Å². The average molecular weight is 456 g/mol. The van der Waals surface area contributed by atoms with Crippen molar-refractivity contribution in [3.63, 3.8) is 0 Å². The molecule has 7 nitrogen and oxygen atoms in total. The second-order valence-electron chi connectivity index (χ2n) is 8.30. The van der Waals surface area contributed by atoms with Crippen LogP contribution in [0, 0.1) is 0 Å². The highest BCUT2D eigenvalue weighted by Gasteiger charge is 2.26. The number of hydrogen-bond acceptors (Lipinski definition) is 4. The third-order valence-corrected chi connectivity index (χ3v) is 5.97. The van der Waals surface area contributed by atoms with Gasteiger partial charge in [-0.15, -0.1) is 0 Å². The van der Waals surface area contributed by atoms with Gasteiger partial charge in [0.1, 0.15) is 11.7 Å². The number of H-pyrrole nitrogens is 1. The summed E-state index contributed by atoms with van der Waals surface area (Å²) in [5, 5.41) is 7.47. The van der Waals surface area contributed by atoms with Crippen LogP contribution in [-0.2, 0) is 22.6 Å². The highest BCUT2D eigenvalue weighted by atomic mass is 35.5. The maximum Gasteiger partial charge on any atom is 0.243 e. The van der Waals surface area contributed by atoms with Crippen LogP contribution in [0.15, 0.2) is 48.8 Å². The summed E-state index contributed by atoms with van der Waals surface area (Å²) < 4.78 is 0. The first-order valence-corrected chi connectivity index (χ1v) is 11.1. The highest BCUT2D eigenvalue weighted by Crippen LogP contribution is 2.13. The Morgan fingerprint density at radius 3 is 2.50 bits per heavy atom. The lowest BCUT2D eigenvalue weighted by Gasteiger charge is -2.29. The van der Waals surface area contributed by atoms with Gasteiger partial charge < -0.3 is 15.6 Å². The van der Waals surface area contributed by atoms with Crippen molar-refractivity contribution in [2.24, 2.45) is 0 Å². The SMILES string of the molecule is CC(C)N(C)[C@@H](C)C(=O)N[C@@H](Cc1ccc(Cl)cc1)C(=O)NCc1cnc2[nH]ccc2c1. The Labute approximate surface area is 193 Å². The number of aromatic nitrogens is 2. The number of nitrogens with zero attached hydrogens (tertiary/aromatic N) is 2. The molecule has 8 heteroatoms. The third-order valence-electron chi connectivity index (χ3n) is 5.71. The Bertz CT molecular complexity index is 1060. The van der Waals surface area contributed by atoms with Crippen LogP contribution < -0.4 is 10.6 Å². The number of nitrogens with one attached hydrogen (secondary N) is 3. The summed E-state index contributed by atoms with van der Waals surface area (Å²) >= 11 is 5.99. The third kappa shape index (κ3) is 6.08. The zero-order valence-electron chi connectivity index (χ0n) is 18.9. The van der Waals surface area contributed by atoms with E-state index in [1.807, 2.05) is 63.2 Å². The van der Waals surface area contributed by atoms with Crippen LogP contribution in [0.2, 0.25) is 5.02 Å². The number of amides is 2. The molecule has 0 radical (unpaired) electrons. The number of fused-ring (bicyclic) bond motifs is 1. The molecule has 3 rings (SSSR count). The zero-order valence-corrected chi connectivity index (χ0v) is 19.6. The van der Waals surface area contributed by atoms with Gasteiger partial charge in [-0.25, -0.2) is 4.98 Å². The van der Waals surface area contributed by atoms with Crippen LogP contribution in [0.3, 0.4) is 0 Å². The summed E-state index contributed by atoms with van der Waals surface area (Å²) in [6.45, 7) is 6.21. The number of benzene rings is 1. The maximum atomic E-state index is 13.1. The Morgan fingerprint density at radius 2 is 1.81 bits per heavy atom. The van der Waals surface area contributed by atoms with Gasteiger partial charge in [-0.1, -0.05) is 23.7 Å². The predicted octanol–water partition coefficient (Wildman–Crippen LogP) is 3.29. The monoisotopic (exact) mass is 455 g/mol. The van der Waals surface area contributed by atoms with Crippen molar-refractivity contribution >= 4 is 34.4 Å². The van der Waals surface area contributed by atoms with Gasteiger partial charge in [0, 0.05) is 41.8 Å². The summed E-state index contributed by atoms with van der Waals surface area (Å²) in [4.78, 5) is 35.3. The maximum absolute atomic E-state index is 13.1. The minimum absolute atomic E-state index is 0.189. The molecule has 32 heavy (non-hydrogen) atoms. The van der Waals surface area contributed by atoms with E-state index in [4.69, 9.17) is 11.6 Å². The van der Waals surface area contributed by atoms with Gasteiger partial charge >= 0.3 is 0 Å². The Morgan fingerprint density at radius 1 is 1.09 bits per heavy atom. The Balaban J connectivity index is 1.71. The molecule has 0 spiro atoms. The molecule has 0 aliphatic rings. The number of hydrogen-bond donors (Lipinski definition) is 3. The van der Waals surface area contributed by atoms with Gasteiger partial charge in [-0.3, -0.25) is 14.5 Å². The Kier molecular flexibility index (Phi) is 7.88. The topological polar surface area (TPSA) is 90.1 Å². The molecule has 2 atom stereocenters. The number of aromatic amines is 1. The first kappa shape index (κ1) is 23.8. The number of rotatable bonds is 9. The molecule has 0 bridgehead atoms. The molecule has 0 saturated carbocycles. The van der Waals surface area contributed by atoms with E-state index in [9.17, 15) is 9.59 Å². The quantitative estimate of drug-likeness (QED) is 0.462. The van der Waals surface area contributed by atoms with Crippen LogP contribution in [0.25, 0.3) is 11.0 Å². The number of carbonyl (C=O) groups is 2. The molecule has 2 amide bonds. The molecule has 3 aromatic rings. The molecule has 0 unspecified atom stereocenters. The normalized spacial score (nSPS) is 13.3. The van der Waals surface area contributed by atoms with Gasteiger partial charge in [0.15, 0.2) is 0 Å². The van der Waals surface area contributed by atoms with Crippen LogP contribution >= 0.6 is 11.6 Å². The first-order valence-electron chi connectivity index (χ1n) is 10.7. The van der Waals surface area contributed by atoms with Gasteiger partial charge in [0.25, 0.3) is 0 Å². The largest absolute Gasteiger partial charge is 0.350 e.